The zero-order valence-electron chi connectivity index (χ0n) is 51.6. The Bertz CT molecular complexity index is 1410. The fourth-order valence-electron chi connectivity index (χ4n) is 10.0. The summed E-state index contributed by atoms with van der Waals surface area (Å²) in [6, 6.07) is -1.06. The van der Waals surface area contributed by atoms with E-state index in [-0.39, 0.29) is 18.9 Å². The SMILES string of the molecule is C/C=C/CC/C=C/CC/C=C/CCCC(O)C(O)C(COP(=O)(O)OCC[N+](C)(C)C)NC(=O)CCCCCCCCCCCCCCCCCCCCCCCCCCCCCCC/C=C\CCCCCCCCCC. The molecular weight excluding hydrogens is 976 g/mol. The van der Waals surface area contributed by atoms with E-state index in [1.165, 1.54) is 231 Å². The van der Waals surface area contributed by atoms with Crippen molar-refractivity contribution in [2.75, 3.05) is 40.9 Å². The Morgan fingerprint density at radius 2 is 0.792 bits per heavy atom. The first kappa shape index (κ1) is 75.4. The largest absolute Gasteiger partial charge is 0.472 e. The van der Waals surface area contributed by atoms with Gasteiger partial charge in [0.2, 0.25) is 5.91 Å². The molecule has 454 valence electrons. The molecular formula is C67H130N2O7P+. The summed E-state index contributed by atoms with van der Waals surface area (Å²) in [4.78, 5) is 23.3. The van der Waals surface area contributed by atoms with E-state index < -0.39 is 32.7 Å². The van der Waals surface area contributed by atoms with Gasteiger partial charge in [-0.15, -0.1) is 0 Å². The summed E-state index contributed by atoms with van der Waals surface area (Å²) in [7, 11) is 1.41. The van der Waals surface area contributed by atoms with E-state index >= 15 is 0 Å². The van der Waals surface area contributed by atoms with Crippen molar-refractivity contribution in [3.8, 4) is 0 Å². The maximum Gasteiger partial charge on any atom is 0.472 e. The second-order valence-corrected chi connectivity index (χ2v) is 25.4. The molecule has 10 heteroatoms. The fourth-order valence-corrected chi connectivity index (χ4v) is 10.7. The lowest BCUT2D eigenvalue weighted by Gasteiger charge is -2.28. The number of nitrogens with zero attached hydrogens (tertiary/aromatic N) is 1. The van der Waals surface area contributed by atoms with Crippen LogP contribution in [0, 0.1) is 0 Å². The number of unbranched alkanes of at least 4 members (excludes halogenated alkanes) is 40. The molecule has 0 radical (unpaired) electrons. The van der Waals surface area contributed by atoms with Crippen LogP contribution in [0.1, 0.15) is 316 Å². The third-order valence-corrected chi connectivity index (χ3v) is 16.2. The van der Waals surface area contributed by atoms with Crippen LogP contribution in [-0.2, 0) is 18.4 Å². The number of phosphoric acid groups is 1. The lowest BCUT2D eigenvalue weighted by atomic mass is 10.0. The second-order valence-electron chi connectivity index (χ2n) is 24.0. The van der Waals surface area contributed by atoms with Gasteiger partial charge in [-0.25, -0.2) is 4.57 Å². The number of amides is 1. The lowest BCUT2D eigenvalue weighted by Crippen LogP contribution is -2.51. The number of allylic oxidation sites excluding steroid dienone is 8. The summed E-state index contributed by atoms with van der Waals surface area (Å²) in [5, 5.41) is 24.8. The Labute approximate surface area is 478 Å². The number of hydrogen-bond donors (Lipinski definition) is 4. The van der Waals surface area contributed by atoms with Crippen LogP contribution in [0.2, 0.25) is 0 Å². The molecule has 0 aliphatic heterocycles. The number of likely N-dealkylation sites (N-methyl/N-ethyl adjacent to an activating group) is 1. The number of phosphoric ester groups is 1. The van der Waals surface area contributed by atoms with Gasteiger partial charge in [0.1, 0.15) is 19.3 Å². The maximum absolute atomic E-state index is 13.0. The van der Waals surface area contributed by atoms with Gasteiger partial charge in [0.25, 0.3) is 0 Å². The molecule has 0 saturated carbocycles. The van der Waals surface area contributed by atoms with Crippen molar-refractivity contribution in [3.63, 3.8) is 0 Å². The van der Waals surface area contributed by atoms with E-state index in [1.807, 2.05) is 28.1 Å². The highest BCUT2D eigenvalue weighted by Crippen LogP contribution is 2.43. The van der Waals surface area contributed by atoms with Crippen LogP contribution in [0.5, 0.6) is 0 Å². The first-order chi connectivity index (χ1) is 37.4. The Kier molecular flexibility index (Phi) is 56.5. The molecule has 0 rings (SSSR count). The average molecular weight is 1110 g/mol. The fraction of sp³-hybridized carbons (Fsp3) is 0.866. The van der Waals surface area contributed by atoms with Crippen LogP contribution in [0.25, 0.3) is 0 Å². The third kappa shape index (κ3) is 58.9. The van der Waals surface area contributed by atoms with Crippen LogP contribution >= 0.6 is 7.82 Å². The van der Waals surface area contributed by atoms with E-state index in [1.54, 1.807) is 0 Å². The van der Waals surface area contributed by atoms with E-state index in [4.69, 9.17) is 9.05 Å². The molecule has 4 unspecified atom stereocenters. The Hall–Kier alpha value is -1.58. The number of carbonyl (C=O) groups is 1. The van der Waals surface area contributed by atoms with Gasteiger partial charge in [-0.05, 0) is 84.0 Å². The predicted octanol–water partition coefficient (Wildman–Crippen LogP) is 19.6. The minimum absolute atomic E-state index is 0.0129. The molecule has 4 atom stereocenters. The van der Waals surface area contributed by atoms with E-state index in [0.717, 1.165) is 51.4 Å². The molecule has 9 nitrogen and oxygen atoms in total. The van der Waals surface area contributed by atoms with Crippen LogP contribution in [-0.4, -0.2) is 84.6 Å². The summed E-state index contributed by atoms with van der Waals surface area (Å²) < 4.78 is 23.6. The van der Waals surface area contributed by atoms with Crippen LogP contribution in [0.4, 0.5) is 0 Å². The van der Waals surface area contributed by atoms with Gasteiger partial charge in [0, 0.05) is 6.42 Å². The Morgan fingerprint density at radius 1 is 0.468 bits per heavy atom. The quantitative estimate of drug-likeness (QED) is 0.0207. The first-order valence-corrected chi connectivity index (χ1v) is 34.5. The molecule has 0 fully saturated rings. The minimum Gasteiger partial charge on any atom is -0.390 e. The third-order valence-electron chi connectivity index (χ3n) is 15.2. The minimum atomic E-state index is -4.44. The summed E-state index contributed by atoms with van der Waals surface area (Å²) in [5.41, 5.74) is 0. The number of aliphatic hydroxyl groups excluding tert-OH is 2. The molecule has 0 aromatic rings. The van der Waals surface area contributed by atoms with Gasteiger partial charge in [-0.1, -0.05) is 274 Å². The maximum atomic E-state index is 13.0. The van der Waals surface area contributed by atoms with Gasteiger partial charge < -0.3 is 24.9 Å². The summed E-state index contributed by atoms with van der Waals surface area (Å²) in [6.07, 6.45) is 74.3. The summed E-state index contributed by atoms with van der Waals surface area (Å²) >= 11 is 0. The number of nitrogens with one attached hydrogen (secondary N) is 1. The predicted molar refractivity (Wildman–Crippen MR) is 333 cm³/mol. The Morgan fingerprint density at radius 3 is 1.16 bits per heavy atom. The van der Waals surface area contributed by atoms with E-state index in [9.17, 15) is 24.5 Å². The standard InChI is InChI=1S/C67H129N2O7P/c1-6-8-10-12-14-16-18-20-21-22-23-24-25-26-27-28-29-30-31-32-33-34-35-36-37-38-39-40-41-42-43-44-45-46-47-48-50-52-54-56-58-60-66(71)68-64(63-76-77(73,74)75-62-61-69(3,4)5)67(72)65(70)59-57-55-53-51-49-19-17-15-13-11-9-7-2/h7,9,15,17,22-23,51,53,64-65,67,70,72H,6,8,10-14,16,18-21,24-50,52,54-63H2,1-5H3,(H-,68,71,73,74)/p+1/b9-7+,17-15+,23-22-,53-51+. The van der Waals surface area contributed by atoms with Gasteiger partial charge in [-0.2, -0.15) is 0 Å². The highest BCUT2D eigenvalue weighted by atomic mass is 31.2. The number of aliphatic hydroxyl groups is 2. The number of quaternary nitrogens is 1. The zero-order valence-corrected chi connectivity index (χ0v) is 52.5. The topological polar surface area (TPSA) is 125 Å². The highest BCUT2D eigenvalue weighted by Gasteiger charge is 2.32. The van der Waals surface area contributed by atoms with Crippen molar-refractivity contribution in [2.45, 2.75) is 334 Å². The van der Waals surface area contributed by atoms with Gasteiger partial charge in [-0.3, -0.25) is 13.8 Å². The van der Waals surface area contributed by atoms with E-state index in [0.29, 0.717) is 23.9 Å². The monoisotopic (exact) mass is 1110 g/mol. The normalized spacial score (nSPS) is 14.4. The molecule has 0 aromatic carbocycles. The average Bonchev–Trinajstić information content (AvgIpc) is 3.39. The molecule has 77 heavy (non-hydrogen) atoms. The lowest BCUT2D eigenvalue weighted by molar-refractivity contribution is -0.870. The molecule has 4 N–H and O–H groups in total. The van der Waals surface area contributed by atoms with Crippen LogP contribution < -0.4 is 5.32 Å². The van der Waals surface area contributed by atoms with Crippen molar-refractivity contribution >= 4 is 13.7 Å². The van der Waals surface area contributed by atoms with Gasteiger partial charge in [0.05, 0.1) is 39.9 Å². The smallest absolute Gasteiger partial charge is 0.390 e. The first-order valence-electron chi connectivity index (χ1n) is 33.1. The second kappa shape index (κ2) is 57.6. The highest BCUT2D eigenvalue weighted by molar-refractivity contribution is 7.47. The number of carbonyl (C=O) groups excluding carboxylic acids is 1. The zero-order chi connectivity index (χ0) is 56.4. The van der Waals surface area contributed by atoms with Crippen LogP contribution in [0.15, 0.2) is 48.6 Å². The molecule has 0 heterocycles. The van der Waals surface area contributed by atoms with Crippen LogP contribution in [0.3, 0.4) is 0 Å². The molecule has 1 amide bonds. The summed E-state index contributed by atoms with van der Waals surface area (Å²) in [6.45, 7) is 4.39. The van der Waals surface area contributed by atoms with E-state index in [2.05, 4.69) is 60.8 Å². The number of rotatable bonds is 61. The van der Waals surface area contributed by atoms with Crippen molar-refractivity contribution in [2.24, 2.45) is 0 Å². The number of hydrogen-bond acceptors (Lipinski definition) is 6. The molecule has 0 spiro atoms. The van der Waals surface area contributed by atoms with Gasteiger partial charge in [0.15, 0.2) is 0 Å². The molecule has 0 bridgehead atoms. The van der Waals surface area contributed by atoms with Crippen molar-refractivity contribution in [1.82, 2.24) is 5.32 Å². The van der Waals surface area contributed by atoms with Gasteiger partial charge >= 0.3 is 7.82 Å². The molecule has 0 aliphatic rings. The summed E-state index contributed by atoms with van der Waals surface area (Å²) in [5.74, 6) is -0.270. The molecule has 0 saturated heterocycles. The molecule has 0 aromatic heterocycles. The Balaban J connectivity index is 3.88. The van der Waals surface area contributed by atoms with Crippen molar-refractivity contribution in [1.29, 1.82) is 0 Å². The molecule has 0 aliphatic carbocycles. The van der Waals surface area contributed by atoms with Crippen molar-refractivity contribution < 1.29 is 38.0 Å². The van der Waals surface area contributed by atoms with Crippen molar-refractivity contribution in [3.05, 3.63) is 48.6 Å².